The average Bonchev–Trinajstić information content (AvgIpc) is 3.59. The molecule has 0 unspecified atom stereocenters. The van der Waals surface area contributed by atoms with Gasteiger partial charge >= 0.3 is 0 Å². The molecular formula is C27H31ClFN5O3S. The summed E-state index contributed by atoms with van der Waals surface area (Å²) < 4.78 is 44.2. The van der Waals surface area contributed by atoms with Crippen molar-refractivity contribution in [2.75, 3.05) is 31.1 Å². The van der Waals surface area contributed by atoms with Crippen LogP contribution in [-0.2, 0) is 10.0 Å². The fourth-order valence-electron chi connectivity index (χ4n) is 6.07. The number of amides is 1. The second-order valence-corrected chi connectivity index (χ2v) is 12.8. The SMILES string of the molecule is CCN(CC)S(=O)(=O)c1cc(N2[C@@H]3CC[C@H]2CN(C(=O)c2ccc(F)cc2Cl)C3)n2c(C3CC3)ncc2c1. The Labute approximate surface area is 227 Å². The molecule has 2 aliphatic heterocycles. The van der Waals surface area contributed by atoms with Crippen LogP contribution in [0.25, 0.3) is 5.52 Å². The molecule has 2 atom stereocenters. The molecule has 2 bridgehead atoms. The van der Waals surface area contributed by atoms with Gasteiger partial charge in [-0.3, -0.25) is 9.20 Å². The Balaban J connectivity index is 1.40. The third-order valence-electron chi connectivity index (χ3n) is 8.09. The highest BCUT2D eigenvalue weighted by molar-refractivity contribution is 7.89. The lowest BCUT2D eigenvalue weighted by Gasteiger charge is -2.43. The zero-order chi connectivity index (χ0) is 26.8. The van der Waals surface area contributed by atoms with Gasteiger partial charge in [0.2, 0.25) is 10.0 Å². The summed E-state index contributed by atoms with van der Waals surface area (Å²) in [5.74, 6) is 1.48. The number of fused-ring (bicyclic) bond motifs is 3. The quantitative estimate of drug-likeness (QED) is 0.425. The number of benzene rings is 1. The first kappa shape index (κ1) is 25.6. The van der Waals surface area contributed by atoms with Gasteiger partial charge in [0.15, 0.2) is 0 Å². The van der Waals surface area contributed by atoms with Gasteiger partial charge < -0.3 is 9.80 Å². The number of aromatic nitrogens is 2. The van der Waals surface area contributed by atoms with E-state index < -0.39 is 15.8 Å². The summed E-state index contributed by atoms with van der Waals surface area (Å²) in [4.78, 5) is 22.4. The van der Waals surface area contributed by atoms with E-state index in [1.54, 1.807) is 23.2 Å². The molecule has 1 amide bonds. The summed E-state index contributed by atoms with van der Waals surface area (Å²) in [6, 6.07) is 7.41. The van der Waals surface area contributed by atoms with Crippen molar-refractivity contribution < 1.29 is 17.6 Å². The van der Waals surface area contributed by atoms with Crippen molar-refractivity contribution in [1.82, 2.24) is 18.6 Å². The van der Waals surface area contributed by atoms with Gasteiger partial charge in [-0.1, -0.05) is 25.4 Å². The molecule has 3 aromatic rings. The van der Waals surface area contributed by atoms with E-state index >= 15 is 0 Å². The molecule has 3 aliphatic rings. The fraction of sp³-hybridized carbons (Fsp3) is 0.481. The van der Waals surface area contributed by atoms with E-state index in [1.807, 2.05) is 13.8 Å². The Morgan fingerprint density at radius 2 is 1.76 bits per heavy atom. The Hall–Kier alpha value is -2.69. The maximum absolute atomic E-state index is 13.6. The second kappa shape index (κ2) is 9.50. The third-order valence-corrected chi connectivity index (χ3v) is 10.4. The topological polar surface area (TPSA) is 78.2 Å². The number of carbonyl (C=O) groups excluding carboxylic acids is 1. The molecule has 0 radical (unpaired) electrons. The van der Waals surface area contributed by atoms with Crippen molar-refractivity contribution in [3.05, 3.63) is 58.8 Å². The molecule has 0 spiro atoms. The van der Waals surface area contributed by atoms with Gasteiger partial charge in [-0.05, 0) is 56.0 Å². The minimum absolute atomic E-state index is 0.0148. The van der Waals surface area contributed by atoms with Crippen LogP contribution in [-0.4, -0.2) is 71.2 Å². The summed E-state index contributed by atoms with van der Waals surface area (Å²) in [5, 5.41) is 0.105. The average molecular weight is 560 g/mol. The van der Waals surface area contributed by atoms with Gasteiger partial charge in [-0.2, -0.15) is 4.31 Å². The first-order chi connectivity index (χ1) is 18.2. The maximum Gasteiger partial charge on any atom is 0.255 e. The lowest BCUT2D eigenvalue weighted by atomic mass is 10.1. The molecular weight excluding hydrogens is 529 g/mol. The van der Waals surface area contributed by atoms with E-state index in [9.17, 15) is 17.6 Å². The van der Waals surface area contributed by atoms with E-state index in [1.165, 1.54) is 16.4 Å². The van der Waals surface area contributed by atoms with E-state index in [4.69, 9.17) is 16.6 Å². The fourth-order valence-corrected chi connectivity index (χ4v) is 7.82. The predicted octanol–water partition coefficient (Wildman–Crippen LogP) is 4.53. The van der Waals surface area contributed by atoms with Crippen molar-refractivity contribution >= 4 is 38.9 Å². The highest BCUT2D eigenvalue weighted by atomic mass is 35.5. The normalized spacial score (nSPS) is 21.6. The standard InChI is InChI=1S/C27H31ClFN5O3S/c1-3-32(4-2)38(36,37)22-12-21-14-30-26(17-5-6-17)34(21)25(13-22)33-19-8-9-20(33)16-31(15-19)27(35)23-10-7-18(29)11-24(23)28/h7,10-14,17,19-20H,3-6,8-9,15-16H2,1-2H3/t19-,20+. The molecule has 0 N–H and O–H groups in total. The molecule has 2 aromatic heterocycles. The summed E-state index contributed by atoms with van der Waals surface area (Å²) in [6.45, 7) is 5.42. The van der Waals surface area contributed by atoms with Crippen LogP contribution in [0.5, 0.6) is 0 Å². The zero-order valence-corrected chi connectivity index (χ0v) is 23.1. The number of rotatable bonds is 7. The van der Waals surface area contributed by atoms with Crippen LogP contribution in [0.15, 0.2) is 41.4 Å². The van der Waals surface area contributed by atoms with Crippen LogP contribution in [0.3, 0.4) is 0 Å². The van der Waals surface area contributed by atoms with Crippen LogP contribution in [0, 0.1) is 5.82 Å². The highest BCUT2D eigenvalue weighted by Gasteiger charge is 2.44. The number of hydrogen-bond acceptors (Lipinski definition) is 5. The number of piperazine rings is 1. The monoisotopic (exact) mass is 559 g/mol. The summed E-state index contributed by atoms with van der Waals surface area (Å²) in [6.07, 6.45) is 5.69. The number of hydrogen-bond donors (Lipinski definition) is 0. The number of anilines is 1. The molecule has 1 aromatic carbocycles. The van der Waals surface area contributed by atoms with Gasteiger partial charge in [0.05, 0.1) is 27.2 Å². The van der Waals surface area contributed by atoms with Gasteiger partial charge in [0.1, 0.15) is 17.5 Å². The number of halogens is 2. The lowest BCUT2D eigenvalue weighted by Crippen LogP contribution is -2.56. The van der Waals surface area contributed by atoms with E-state index in [0.717, 1.165) is 48.9 Å². The molecule has 2 saturated heterocycles. The minimum atomic E-state index is -3.68. The number of pyridine rings is 1. The van der Waals surface area contributed by atoms with E-state index in [0.29, 0.717) is 37.7 Å². The zero-order valence-electron chi connectivity index (χ0n) is 21.5. The second-order valence-electron chi connectivity index (χ2n) is 10.4. The van der Waals surface area contributed by atoms with Crippen molar-refractivity contribution in [3.8, 4) is 0 Å². The predicted molar refractivity (Wildman–Crippen MR) is 144 cm³/mol. The van der Waals surface area contributed by atoms with Crippen molar-refractivity contribution in [2.45, 2.75) is 62.4 Å². The van der Waals surface area contributed by atoms with Crippen LogP contribution in [0.2, 0.25) is 5.02 Å². The smallest absolute Gasteiger partial charge is 0.255 e. The number of likely N-dealkylation sites (tertiary alicyclic amines) is 1. The molecule has 11 heteroatoms. The number of imidazole rings is 1. The van der Waals surface area contributed by atoms with Crippen LogP contribution < -0.4 is 4.90 Å². The lowest BCUT2D eigenvalue weighted by molar-refractivity contribution is 0.0717. The maximum atomic E-state index is 13.6. The Bertz CT molecular complexity index is 1500. The van der Waals surface area contributed by atoms with Crippen molar-refractivity contribution in [1.29, 1.82) is 0 Å². The van der Waals surface area contributed by atoms with Gasteiger partial charge in [-0.25, -0.2) is 17.8 Å². The van der Waals surface area contributed by atoms with Crippen molar-refractivity contribution in [2.24, 2.45) is 0 Å². The first-order valence-corrected chi connectivity index (χ1v) is 15.1. The number of sulfonamides is 1. The largest absolute Gasteiger partial charge is 0.348 e. The molecule has 38 heavy (non-hydrogen) atoms. The van der Waals surface area contributed by atoms with Gasteiger partial charge in [-0.15, -0.1) is 0 Å². The van der Waals surface area contributed by atoms with Gasteiger partial charge in [0.25, 0.3) is 5.91 Å². The molecule has 4 heterocycles. The first-order valence-electron chi connectivity index (χ1n) is 13.3. The summed E-state index contributed by atoms with van der Waals surface area (Å²) >= 11 is 6.20. The van der Waals surface area contributed by atoms with Crippen LogP contribution in [0.4, 0.5) is 10.2 Å². The summed E-state index contributed by atoms with van der Waals surface area (Å²) in [7, 11) is -3.68. The van der Waals surface area contributed by atoms with E-state index in [2.05, 4.69) is 9.30 Å². The number of carbonyl (C=O) groups is 1. The highest BCUT2D eigenvalue weighted by Crippen LogP contribution is 2.43. The number of nitrogens with zero attached hydrogens (tertiary/aromatic N) is 5. The minimum Gasteiger partial charge on any atom is -0.348 e. The third kappa shape index (κ3) is 4.17. The van der Waals surface area contributed by atoms with Crippen LogP contribution >= 0.6 is 11.6 Å². The van der Waals surface area contributed by atoms with E-state index in [-0.39, 0.29) is 27.9 Å². The molecule has 202 valence electrons. The van der Waals surface area contributed by atoms with Crippen LogP contribution in [0.1, 0.15) is 61.6 Å². The van der Waals surface area contributed by atoms with Crippen molar-refractivity contribution in [3.63, 3.8) is 0 Å². The Kier molecular flexibility index (Phi) is 6.39. The molecule has 3 fully saturated rings. The molecule has 1 aliphatic carbocycles. The van der Waals surface area contributed by atoms with Gasteiger partial charge in [0, 0.05) is 44.2 Å². The Morgan fingerprint density at radius 3 is 2.37 bits per heavy atom. The summed E-state index contributed by atoms with van der Waals surface area (Å²) in [5.41, 5.74) is 1.06. The molecule has 8 nitrogen and oxygen atoms in total. The molecule has 6 rings (SSSR count). The Morgan fingerprint density at radius 1 is 1.08 bits per heavy atom. The molecule has 1 saturated carbocycles.